The Morgan fingerprint density at radius 3 is 1.96 bits per heavy atom. The van der Waals surface area contributed by atoms with Gasteiger partial charge in [0.1, 0.15) is 16.5 Å². The van der Waals surface area contributed by atoms with Gasteiger partial charge in [-0.15, -0.1) is 5.10 Å². The summed E-state index contributed by atoms with van der Waals surface area (Å²) in [5.74, 6) is 0. The largest absolute Gasteiger partial charge is 0.416 e. The summed E-state index contributed by atoms with van der Waals surface area (Å²) < 4.78 is 77.6. The number of thioether (sulfide) groups is 1. The van der Waals surface area contributed by atoms with Crippen molar-refractivity contribution in [2.75, 3.05) is 0 Å². The molecule has 0 aliphatic carbocycles. The molecule has 0 fully saturated rings. The Hall–Kier alpha value is -2.14. The van der Waals surface area contributed by atoms with Gasteiger partial charge in [0, 0.05) is 6.07 Å². The van der Waals surface area contributed by atoms with E-state index in [4.69, 9.17) is 11.6 Å². The molecule has 2 aromatic rings. The quantitative estimate of drug-likeness (QED) is 0.145. The zero-order chi connectivity index (χ0) is 21.1. The lowest BCUT2D eigenvalue weighted by Crippen LogP contribution is -2.13. The zero-order valence-corrected chi connectivity index (χ0v) is 15.8. The lowest BCUT2D eigenvalue weighted by Gasteiger charge is -2.13. The van der Waals surface area contributed by atoms with Crippen LogP contribution in [0.3, 0.4) is 0 Å². The molecule has 0 radical (unpaired) electrons. The van der Waals surface area contributed by atoms with Gasteiger partial charge in [-0.3, -0.25) is 0 Å². The number of hydrogen-bond acceptors (Lipinski definition) is 5. The highest BCUT2D eigenvalue weighted by Gasteiger charge is 2.37. The summed E-state index contributed by atoms with van der Waals surface area (Å²) in [6.45, 7) is 2.81. The molecule has 0 atom stereocenters. The molecule has 150 valence electrons. The number of halogens is 7. The van der Waals surface area contributed by atoms with Gasteiger partial charge < -0.3 is 0 Å². The molecule has 12 heteroatoms. The Bertz CT molecular complexity index is 892. The van der Waals surface area contributed by atoms with E-state index in [9.17, 15) is 26.3 Å². The van der Waals surface area contributed by atoms with Gasteiger partial charge in [-0.05, 0) is 37.6 Å². The molecule has 1 heterocycles. The summed E-state index contributed by atoms with van der Waals surface area (Å²) in [5, 5.41) is 8.54. The number of alkyl halides is 6. The van der Waals surface area contributed by atoms with E-state index in [1.807, 2.05) is 0 Å². The zero-order valence-electron chi connectivity index (χ0n) is 14.2. The third-order valence-corrected chi connectivity index (χ3v) is 4.22. The lowest BCUT2D eigenvalue weighted by molar-refractivity contribution is -0.143. The monoisotopic (exact) mass is 440 g/mol. The number of rotatable bonds is 3. The number of benzene rings is 1. The van der Waals surface area contributed by atoms with E-state index < -0.39 is 23.5 Å². The Labute approximate surface area is 164 Å². The second-order valence-electron chi connectivity index (χ2n) is 5.38. The molecule has 0 aliphatic heterocycles. The van der Waals surface area contributed by atoms with Crippen LogP contribution in [-0.2, 0) is 12.4 Å². The van der Waals surface area contributed by atoms with Crippen molar-refractivity contribution in [3.8, 4) is 0 Å². The van der Waals surface area contributed by atoms with Crippen LogP contribution in [0.5, 0.6) is 0 Å². The Morgan fingerprint density at radius 2 is 1.46 bits per heavy atom. The van der Waals surface area contributed by atoms with Gasteiger partial charge in [-0.1, -0.05) is 23.4 Å². The summed E-state index contributed by atoms with van der Waals surface area (Å²) in [4.78, 5) is 7.64. The van der Waals surface area contributed by atoms with Crippen molar-refractivity contribution in [2.24, 2.45) is 10.2 Å². The average Bonchev–Trinajstić information content (AvgIpc) is 2.57. The maximum Gasteiger partial charge on any atom is 0.416 e. The van der Waals surface area contributed by atoms with Crippen LogP contribution in [0.4, 0.5) is 26.3 Å². The summed E-state index contributed by atoms with van der Waals surface area (Å²) >= 11 is 6.78. The molecular weight excluding hydrogens is 430 g/mol. The van der Waals surface area contributed by atoms with Crippen molar-refractivity contribution in [3.63, 3.8) is 0 Å². The first-order chi connectivity index (χ1) is 12.9. The molecule has 0 saturated heterocycles. The first kappa shape index (κ1) is 22.2. The van der Waals surface area contributed by atoms with Gasteiger partial charge in [0.25, 0.3) is 0 Å². The first-order valence-corrected chi connectivity index (χ1v) is 8.60. The summed E-state index contributed by atoms with van der Waals surface area (Å²) in [7, 11) is 0. The lowest BCUT2D eigenvalue weighted by atomic mass is 10.0. The molecule has 0 spiro atoms. The SMILES string of the molecule is C/C(=N\N=C(/C)c1cc(C(F)(F)F)cc(C(F)(F)F)c1)Sc1cc(Cl)ncn1. The van der Waals surface area contributed by atoms with Crippen LogP contribution in [0, 0.1) is 0 Å². The Kier molecular flexibility index (Phi) is 6.71. The van der Waals surface area contributed by atoms with Gasteiger partial charge >= 0.3 is 12.4 Å². The van der Waals surface area contributed by atoms with Crippen molar-refractivity contribution in [3.05, 3.63) is 52.4 Å². The third kappa shape index (κ3) is 6.20. The minimum absolute atomic E-state index is 0.0556. The van der Waals surface area contributed by atoms with Crippen LogP contribution in [-0.4, -0.2) is 20.7 Å². The molecule has 1 aromatic carbocycles. The molecule has 0 unspecified atom stereocenters. The predicted octanol–water partition coefficient (Wildman–Crippen LogP) is 6.10. The van der Waals surface area contributed by atoms with Gasteiger partial charge in [-0.2, -0.15) is 31.4 Å². The van der Waals surface area contributed by atoms with Crippen LogP contribution in [0.2, 0.25) is 5.15 Å². The normalized spacial score (nSPS) is 13.8. The highest BCUT2D eigenvalue weighted by atomic mass is 35.5. The van der Waals surface area contributed by atoms with Gasteiger partial charge in [-0.25, -0.2) is 9.97 Å². The Balaban J connectivity index is 2.34. The fraction of sp³-hybridized carbons (Fsp3) is 0.250. The molecule has 1 aromatic heterocycles. The fourth-order valence-electron chi connectivity index (χ4n) is 1.91. The highest BCUT2D eigenvalue weighted by molar-refractivity contribution is 8.13. The molecule has 0 saturated carbocycles. The maximum atomic E-state index is 12.9. The number of nitrogens with zero attached hydrogens (tertiary/aromatic N) is 4. The second-order valence-corrected chi connectivity index (χ2v) is 6.98. The predicted molar refractivity (Wildman–Crippen MR) is 94.7 cm³/mol. The summed E-state index contributed by atoms with van der Waals surface area (Å²) in [5.41, 5.74) is -3.29. The van der Waals surface area contributed by atoms with E-state index in [2.05, 4.69) is 20.2 Å². The molecule has 2 rings (SSSR count). The molecule has 0 bridgehead atoms. The van der Waals surface area contributed by atoms with Gasteiger partial charge in [0.05, 0.1) is 21.9 Å². The van der Waals surface area contributed by atoms with E-state index >= 15 is 0 Å². The Morgan fingerprint density at radius 1 is 0.893 bits per heavy atom. The standard InChI is InChI=1S/C16H11ClF6N4S/c1-8(26-27-9(2)28-14-6-13(17)24-7-25-14)10-3-11(15(18,19)20)5-12(4-10)16(21,22)23/h3-7H,1-2H3/b26-8+,27-9+. The maximum absolute atomic E-state index is 12.9. The molecule has 28 heavy (non-hydrogen) atoms. The van der Waals surface area contributed by atoms with E-state index in [1.165, 1.54) is 19.3 Å². The number of hydrogen-bond donors (Lipinski definition) is 0. The van der Waals surface area contributed by atoms with E-state index in [1.54, 1.807) is 6.92 Å². The van der Waals surface area contributed by atoms with Crippen LogP contribution in [0.15, 0.2) is 45.8 Å². The fourth-order valence-corrected chi connectivity index (χ4v) is 2.78. The van der Waals surface area contributed by atoms with E-state index in [-0.39, 0.29) is 22.5 Å². The first-order valence-electron chi connectivity index (χ1n) is 7.40. The smallest absolute Gasteiger partial charge is 0.230 e. The van der Waals surface area contributed by atoms with Gasteiger partial charge in [0.2, 0.25) is 0 Å². The van der Waals surface area contributed by atoms with Crippen LogP contribution in [0.1, 0.15) is 30.5 Å². The van der Waals surface area contributed by atoms with Crippen LogP contribution >= 0.6 is 23.4 Å². The van der Waals surface area contributed by atoms with Crippen molar-refractivity contribution in [1.82, 2.24) is 9.97 Å². The minimum atomic E-state index is -4.93. The topological polar surface area (TPSA) is 50.5 Å². The van der Waals surface area contributed by atoms with Crippen molar-refractivity contribution in [1.29, 1.82) is 0 Å². The summed E-state index contributed by atoms with van der Waals surface area (Å²) in [6.07, 6.45) is -8.64. The van der Waals surface area contributed by atoms with Gasteiger partial charge in [0.15, 0.2) is 0 Å². The average molecular weight is 441 g/mol. The molecule has 4 nitrogen and oxygen atoms in total. The molecule has 0 N–H and O–H groups in total. The van der Waals surface area contributed by atoms with E-state index in [0.29, 0.717) is 22.2 Å². The van der Waals surface area contributed by atoms with Crippen LogP contribution in [0.25, 0.3) is 0 Å². The summed E-state index contributed by atoms with van der Waals surface area (Å²) in [6, 6.07) is 2.71. The minimum Gasteiger partial charge on any atom is -0.230 e. The van der Waals surface area contributed by atoms with E-state index in [0.717, 1.165) is 11.8 Å². The van der Waals surface area contributed by atoms with Crippen LogP contribution < -0.4 is 0 Å². The van der Waals surface area contributed by atoms with Crippen molar-refractivity contribution in [2.45, 2.75) is 31.2 Å². The third-order valence-electron chi connectivity index (χ3n) is 3.21. The number of aromatic nitrogens is 2. The van der Waals surface area contributed by atoms with Crippen molar-refractivity contribution < 1.29 is 26.3 Å². The molecule has 0 aliphatic rings. The van der Waals surface area contributed by atoms with Crippen molar-refractivity contribution >= 4 is 34.1 Å². The molecular formula is C16H11ClF6N4S. The molecule has 0 amide bonds. The highest BCUT2D eigenvalue weighted by Crippen LogP contribution is 2.36. The second kappa shape index (κ2) is 8.48.